The third-order valence-electron chi connectivity index (χ3n) is 3.56. The van der Waals surface area contributed by atoms with Crippen LogP contribution < -0.4 is 10.6 Å². The van der Waals surface area contributed by atoms with Gasteiger partial charge in [0.15, 0.2) is 5.76 Å². The standard InChI is InChI=1S/C15H16N2O2/c16-8-7-11-10-17(13-5-2-1-4-12(11)13)15(18)14-6-3-9-19-14/h1-6,9,11H,7-8,10,16H2. The van der Waals surface area contributed by atoms with Crippen molar-refractivity contribution in [3.05, 3.63) is 54.0 Å². The van der Waals surface area contributed by atoms with Crippen molar-refractivity contribution in [1.82, 2.24) is 0 Å². The van der Waals surface area contributed by atoms with E-state index in [0.29, 0.717) is 24.8 Å². The molecular weight excluding hydrogens is 240 g/mol. The summed E-state index contributed by atoms with van der Waals surface area (Å²) < 4.78 is 5.20. The number of nitrogens with two attached hydrogens (primary N) is 1. The van der Waals surface area contributed by atoms with Gasteiger partial charge in [-0.05, 0) is 36.7 Å². The van der Waals surface area contributed by atoms with E-state index in [2.05, 4.69) is 6.07 Å². The summed E-state index contributed by atoms with van der Waals surface area (Å²) in [5, 5.41) is 0. The predicted octanol–water partition coefficient (Wildman–Crippen LogP) is 2.37. The smallest absolute Gasteiger partial charge is 0.293 e. The van der Waals surface area contributed by atoms with Crippen LogP contribution in [0, 0.1) is 0 Å². The van der Waals surface area contributed by atoms with E-state index < -0.39 is 0 Å². The highest BCUT2D eigenvalue weighted by molar-refractivity contribution is 6.05. The van der Waals surface area contributed by atoms with Crippen LogP contribution in [0.1, 0.15) is 28.5 Å². The third-order valence-corrected chi connectivity index (χ3v) is 3.56. The van der Waals surface area contributed by atoms with Crippen LogP contribution in [0.5, 0.6) is 0 Å². The molecule has 1 aliphatic rings. The number of carbonyl (C=O) groups is 1. The molecular formula is C15H16N2O2. The fourth-order valence-corrected chi connectivity index (χ4v) is 2.67. The molecule has 0 saturated heterocycles. The Morgan fingerprint density at radius 3 is 2.89 bits per heavy atom. The molecule has 1 atom stereocenters. The lowest BCUT2D eigenvalue weighted by Crippen LogP contribution is -2.29. The fraction of sp³-hybridized carbons (Fsp3) is 0.267. The van der Waals surface area contributed by atoms with E-state index in [1.165, 1.54) is 11.8 Å². The molecule has 1 aromatic carbocycles. The summed E-state index contributed by atoms with van der Waals surface area (Å²) in [6.45, 7) is 1.30. The zero-order valence-corrected chi connectivity index (χ0v) is 10.6. The van der Waals surface area contributed by atoms with Gasteiger partial charge in [-0.2, -0.15) is 0 Å². The second kappa shape index (κ2) is 4.90. The average molecular weight is 256 g/mol. The molecule has 4 heteroatoms. The highest BCUT2D eigenvalue weighted by Gasteiger charge is 2.32. The van der Waals surface area contributed by atoms with Crippen molar-refractivity contribution in [1.29, 1.82) is 0 Å². The average Bonchev–Trinajstić information content (AvgIpc) is 3.07. The Bertz CT molecular complexity index is 578. The third kappa shape index (κ3) is 2.04. The zero-order chi connectivity index (χ0) is 13.2. The molecule has 3 rings (SSSR count). The van der Waals surface area contributed by atoms with Crippen molar-refractivity contribution < 1.29 is 9.21 Å². The molecule has 1 aliphatic heterocycles. The maximum atomic E-state index is 12.4. The molecule has 1 amide bonds. The maximum absolute atomic E-state index is 12.4. The molecule has 0 aliphatic carbocycles. The fourth-order valence-electron chi connectivity index (χ4n) is 2.67. The minimum absolute atomic E-state index is 0.0861. The Balaban J connectivity index is 1.94. The molecule has 4 nitrogen and oxygen atoms in total. The Morgan fingerprint density at radius 1 is 1.32 bits per heavy atom. The van der Waals surface area contributed by atoms with Crippen LogP contribution in [0.4, 0.5) is 5.69 Å². The van der Waals surface area contributed by atoms with E-state index in [9.17, 15) is 4.79 Å². The predicted molar refractivity (Wildman–Crippen MR) is 73.2 cm³/mol. The van der Waals surface area contributed by atoms with Crippen molar-refractivity contribution in [2.24, 2.45) is 5.73 Å². The Morgan fingerprint density at radius 2 is 2.16 bits per heavy atom. The van der Waals surface area contributed by atoms with Crippen LogP contribution in [-0.4, -0.2) is 19.0 Å². The quantitative estimate of drug-likeness (QED) is 0.917. The SMILES string of the molecule is NCCC1CN(C(=O)c2ccco2)c2ccccc21. The van der Waals surface area contributed by atoms with Crippen molar-refractivity contribution in [2.75, 3.05) is 18.0 Å². The van der Waals surface area contributed by atoms with Gasteiger partial charge in [-0.25, -0.2) is 0 Å². The molecule has 0 bridgehead atoms. The monoisotopic (exact) mass is 256 g/mol. The normalized spacial score (nSPS) is 17.5. The van der Waals surface area contributed by atoms with Gasteiger partial charge in [0.1, 0.15) is 0 Å². The number of carbonyl (C=O) groups excluding carboxylic acids is 1. The van der Waals surface area contributed by atoms with Gasteiger partial charge in [0.25, 0.3) is 5.91 Å². The first-order valence-corrected chi connectivity index (χ1v) is 6.45. The lowest BCUT2D eigenvalue weighted by molar-refractivity contribution is 0.0961. The second-order valence-corrected chi connectivity index (χ2v) is 4.73. The highest BCUT2D eigenvalue weighted by Crippen LogP contribution is 2.38. The van der Waals surface area contributed by atoms with Gasteiger partial charge in [-0.15, -0.1) is 0 Å². The van der Waals surface area contributed by atoms with Gasteiger partial charge in [-0.1, -0.05) is 18.2 Å². The van der Waals surface area contributed by atoms with E-state index in [4.69, 9.17) is 10.2 Å². The van der Waals surface area contributed by atoms with Crippen LogP contribution in [0.15, 0.2) is 47.1 Å². The summed E-state index contributed by atoms with van der Waals surface area (Å²) in [7, 11) is 0. The molecule has 0 saturated carbocycles. The summed E-state index contributed by atoms with van der Waals surface area (Å²) >= 11 is 0. The minimum atomic E-state index is -0.0861. The lowest BCUT2D eigenvalue weighted by atomic mass is 9.98. The van der Waals surface area contributed by atoms with E-state index in [-0.39, 0.29) is 5.91 Å². The second-order valence-electron chi connectivity index (χ2n) is 4.73. The Kier molecular flexibility index (Phi) is 3.09. The van der Waals surface area contributed by atoms with Crippen LogP contribution in [-0.2, 0) is 0 Å². The van der Waals surface area contributed by atoms with Crippen LogP contribution in [0.25, 0.3) is 0 Å². The summed E-state index contributed by atoms with van der Waals surface area (Å²) in [4.78, 5) is 14.2. The molecule has 0 fully saturated rings. The number of anilines is 1. The number of amides is 1. The first-order valence-electron chi connectivity index (χ1n) is 6.45. The number of benzene rings is 1. The van der Waals surface area contributed by atoms with Gasteiger partial charge in [0, 0.05) is 18.2 Å². The molecule has 2 N–H and O–H groups in total. The van der Waals surface area contributed by atoms with Crippen molar-refractivity contribution in [2.45, 2.75) is 12.3 Å². The molecule has 0 spiro atoms. The lowest BCUT2D eigenvalue weighted by Gasteiger charge is -2.16. The van der Waals surface area contributed by atoms with E-state index in [1.54, 1.807) is 17.0 Å². The number of hydrogen-bond donors (Lipinski definition) is 1. The minimum Gasteiger partial charge on any atom is -0.459 e. The Labute approximate surface area is 111 Å². The molecule has 2 heterocycles. The zero-order valence-electron chi connectivity index (χ0n) is 10.6. The number of rotatable bonds is 3. The van der Waals surface area contributed by atoms with Crippen molar-refractivity contribution in [3.8, 4) is 0 Å². The number of furan rings is 1. The number of nitrogens with zero attached hydrogens (tertiary/aromatic N) is 1. The number of fused-ring (bicyclic) bond motifs is 1. The van der Waals surface area contributed by atoms with Crippen molar-refractivity contribution >= 4 is 11.6 Å². The van der Waals surface area contributed by atoms with E-state index in [0.717, 1.165) is 12.1 Å². The van der Waals surface area contributed by atoms with Gasteiger partial charge in [-0.3, -0.25) is 4.79 Å². The Hall–Kier alpha value is -2.07. The summed E-state index contributed by atoms with van der Waals surface area (Å²) in [5.74, 6) is 0.611. The van der Waals surface area contributed by atoms with Crippen LogP contribution in [0.3, 0.4) is 0 Å². The van der Waals surface area contributed by atoms with E-state index in [1.807, 2.05) is 18.2 Å². The number of hydrogen-bond acceptors (Lipinski definition) is 3. The highest BCUT2D eigenvalue weighted by atomic mass is 16.3. The first-order chi connectivity index (χ1) is 9.31. The topological polar surface area (TPSA) is 59.5 Å². The molecule has 0 radical (unpaired) electrons. The molecule has 98 valence electrons. The largest absolute Gasteiger partial charge is 0.459 e. The van der Waals surface area contributed by atoms with Crippen LogP contribution in [0.2, 0.25) is 0 Å². The van der Waals surface area contributed by atoms with Gasteiger partial charge < -0.3 is 15.1 Å². The molecule has 1 aromatic heterocycles. The summed E-state index contributed by atoms with van der Waals surface area (Å²) in [5.41, 5.74) is 7.84. The molecule has 19 heavy (non-hydrogen) atoms. The number of para-hydroxylation sites is 1. The van der Waals surface area contributed by atoms with E-state index >= 15 is 0 Å². The summed E-state index contributed by atoms with van der Waals surface area (Å²) in [6, 6.07) is 11.4. The molecule has 1 unspecified atom stereocenters. The van der Waals surface area contributed by atoms with Crippen molar-refractivity contribution in [3.63, 3.8) is 0 Å². The summed E-state index contributed by atoms with van der Waals surface area (Å²) in [6.07, 6.45) is 2.41. The van der Waals surface area contributed by atoms with Gasteiger partial charge in [0.05, 0.1) is 6.26 Å². The van der Waals surface area contributed by atoms with Crippen LogP contribution >= 0.6 is 0 Å². The molecule has 2 aromatic rings. The van der Waals surface area contributed by atoms with Gasteiger partial charge >= 0.3 is 0 Å². The maximum Gasteiger partial charge on any atom is 0.293 e. The first kappa shape index (κ1) is 12.0. The van der Waals surface area contributed by atoms with Gasteiger partial charge in [0.2, 0.25) is 0 Å².